The number of halogens is 1. The molecule has 0 saturated heterocycles. The van der Waals surface area contributed by atoms with E-state index >= 15 is 0 Å². The number of rotatable bonds is 3. The molecule has 3 aromatic rings. The molecule has 4 nitrogen and oxygen atoms in total. The molecule has 0 spiro atoms. The molecule has 0 amide bonds. The topological polar surface area (TPSA) is 55.0 Å². The predicted octanol–water partition coefficient (Wildman–Crippen LogP) is 3.16. The van der Waals surface area contributed by atoms with Gasteiger partial charge in [-0.15, -0.1) is 6.42 Å². The number of fused-ring (bicyclic) bond motifs is 1. The Morgan fingerprint density at radius 1 is 1.27 bits per heavy atom. The highest BCUT2D eigenvalue weighted by Crippen LogP contribution is 2.21. The summed E-state index contributed by atoms with van der Waals surface area (Å²) in [5.41, 5.74) is 2.54. The van der Waals surface area contributed by atoms with Gasteiger partial charge >= 0.3 is 5.97 Å². The van der Waals surface area contributed by atoms with Crippen LogP contribution in [0.4, 0.5) is 4.39 Å². The van der Waals surface area contributed by atoms with E-state index in [-0.39, 0.29) is 12.4 Å². The van der Waals surface area contributed by atoms with E-state index in [4.69, 9.17) is 11.2 Å². The van der Waals surface area contributed by atoms with Crippen LogP contribution in [-0.2, 0) is 4.74 Å². The van der Waals surface area contributed by atoms with Gasteiger partial charge in [-0.1, -0.05) is 5.92 Å². The van der Waals surface area contributed by atoms with Crippen LogP contribution in [0.2, 0.25) is 0 Å². The van der Waals surface area contributed by atoms with Gasteiger partial charge in [0, 0.05) is 5.56 Å². The van der Waals surface area contributed by atoms with Gasteiger partial charge in [-0.25, -0.2) is 14.2 Å². The van der Waals surface area contributed by atoms with E-state index in [9.17, 15) is 9.18 Å². The first-order chi connectivity index (χ1) is 10.7. The molecule has 108 valence electrons. The number of esters is 1. The van der Waals surface area contributed by atoms with Crippen LogP contribution in [0.3, 0.4) is 0 Å². The van der Waals surface area contributed by atoms with Gasteiger partial charge in [-0.2, -0.15) is 0 Å². The summed E-state index contributed by atoms with van der Waals surface area (Å²) in [6, 6.07) is 11.0. The molecule has 1 N–H and O–H groups in total. The number of terminal acetylenes is 1. The first kappa shape index (κ1) is 13.8. The molecule has 5 heteroatoms. The Balaban J connectivity index is 1.95. The molecule has 1 aromatic heterocycles. The summed E-state index contributed by atoms with van der Waals surface area (Å²) in [4.78, 5) is 19.3. The summed E-state index contributed by atoms with van der Waals surface area (Å²) in [6.07, 6.45) is 5.05. The molecular formula is C17H11FN2O2. The monoisotopic (exact) mass is 294 g/mol. The molecule has 2 aromatic carbocycles. The number of ether oxygens (including phenoxy) is 1. The lowest BCUT2D eigenvalue weighted by Crippen LogP contribution is -2.04. The number of carbonyl (C=O) groups is 1. The lowest BCUT2D eigenvalue weighted by Gasteiger charge is -2.00. The molecular weight excluding hydrogens is 283 g/mol. The third-order valence-electron chi connectivity index (χ3n) is 3.12. The van der Waals surface area contributed by atoms with Crippen molar-refractivity contribution in [2.75, 3.05) is 6.61 Å². The van der Waals surface area contributed by atoms with Crippen molar-refractivity contribution in [3.63, 3.8) is 0 Å². The Morgan fingerprint density at radius 3 is 2.77 bits per heavy atom. The van der Waals surface area contributed by atoms with Gasteiger partial charge < -0.3 is 9.72 Å². The highest BCUT2D eigenvalue weighted by atomic mass is 19.1. The highest BCUT2D eigenvalue weighted by molar-refractivity contribution is 5.94. The smallest absolute Gasteiger partial charge is 0.339 e. The van der Waals surface area contributed by atoms with Crippen molar-refractivity contribution in [3.8, 4) is 23.7 Å². The van der Waals surface area contributed by atoms with Crippen LogP contribution in [0.15, 0.2) is 42.5 Å². The number of H-pyrrole nitrogens is 1. The summed E-state index contributed by atoms with van der Waals surface area (Å²) in [7, 11) is 0. The van der Waals surface area contributed by atoms with Crippen molar-refractivity contribution < 1.29 is 13.9 Å². The van der Waals surface area contributed by atoms with Gasteiger partial charge in [0.2, 0.25) is 0 Å². The maximum Gasteiger partial charge on any atom is 0.339 e. The molecule has 0 aliphatic carbocycles. The maximum absolute atomic E-state index is 13.0. The van der Waals surface area contributed by atoms with Crippen LogP contribution in [-0.4, -0.2) is 22.5 Å². The number of nitrogens with one attached hydrogen (secondary N) is 1. The molecule has 0 atom stereocenters. The van der Waals surface area contributed by atoms with Gasteiger partial charge in [0.1, 0.15) is 11.6 Å². The Kier molecular flexibility index (Phi) is 3.58. The normalized spacial score (nSPS) is 10.4. The molecule has 0 aliphatic rings. The van der Waals surface area contributed by atoms with Gasteiger partial charge in [0.05, 0.1) is 16.6 Å². The average molecular weight is 294 g/mol. The highest BCUT2D eigenvalue weighted by Gasteiger charge is 2.10. The quantitative estimate of drug-likeness (QED) is 0.596. The van der Waals surface area contributed by atoms with Crippen LogP contribution in [0, 0.1) is 18.2 Å². The largest absolute Gasteiger partial charge is 0.449 e. The molecule has 0 bridgehead atoms. The number of carbonyl (C=O) groups excluding carboxylic acids is 1. The van der Waals surface area contributed by atoms with Gasteiger partial charge in [-0.05, 0) is 42.5 Å². The van der Waals surface area contributed by atoms with Gasteiger partial charge in [0.15, 0.2) is 6.61 Å². The Morgan fingerprint density at radius 2 is 2.05 bits per heavy atom. The second kappa shape index (κ2) is 5.70. The van der Waals surface area contributed by atoms with Crippen molar-refractivity contribution in [2.24, 2.45) is 0 Å². The van der Waals surface area contributed by atoms with Crippen molar-refractivity contribution in [1.82, 2.24) is 9.97 Å². The number of nitrogens with zero attached hydrogens (tertiary/aromatic N) is 1. The molecule has 0 saturated carbocycles. The fourth-order valence-corrected chi connectivity index (χ4v) is 2.07. The minimum Gasteiger partial charge on any atom is -0.449 e. The zero-order chi connectivity index (χ0) is 15.5. The molecule has 0 radical (unpaired) electrons. The van der Waals surface area contributed by atoms with Crippen molar-refractivity contribution >= 4 is 17.0 Å². The SMILES string of the molecule is C#CCOC(=O)c1ccc2nc(-c3ccc(F)cc3)[nH]c2c1. The number of benzene rings is 2. The van der Waals surface area contributed by atoms with Crippen LogP contribution >= 0.6 is 0 Å². The Bertz CT molecular complexity index is 876. The van der Waals surface area contributed by atoms with E-state index < -0.39 is 5.97 Å². The van der Waals surface area contributed by atoms with Crippen molar-refractivity contribution in [2.45, 2.75) is 0 Å². The fourth-order valence-electron chi connectivity index (χ4n) is 2.07. The summed E-state index contributed by atoms with van der Waals surface area (Å²) >= 11 is 0. The van der Waals surface area contributed by atoms with Crippen molar-refractivity contribution in [1.29, 1.82) is 0 Å². The second-order valence-corrected chi connectivity index (χ2v) is 4.60. The molecule has 0 fully saturated rings. The minimum atomic E-state index is -0.488. The van der Waals surface area contributed by atoms with E-state index in [1.165, 1.54) is 12.1 Å². The van der Waals surface area contributed by atoms with E-state index in [2.05, 4.69) is 15.9 Å². The molecule has 0 aliphatic heterocycles. The number of aromatic amines is 1. The van der Waals surface area contributed by atoms with Crippen LogP contribution in [0.1, 0.15) is 10.4 Å². The first-order valence-electron chi connectivity index (χ1n) is 6.53. The number of hydrogen-bond donors (Lipinski definition) is 1. The third-order valence-corrected chi connectivity index (χ3v) is 3.12. The fraction of sp³-hybridized carbons (Fsp3) is 0.0588. The number of hydrogen-bond acceptors (Lipinski definition) is 3. The predicted molar refractivity (Wildman–Crippen MR) is 80.6 cm³/mol. The average Bonchev–Trinajstić information content (AvgIpc) is 2.96. The second-order valence-electron chi connectivity index (χ2n) is 4.60. The minimum absolute atomic E-state index is 0.0688. The lowest BCUT2D eigenvalue weighted by molar-refractivity contribution is 0.0557. The zero-order valence-electron chi connectivity index (χ0n) is 11.5. The zero-order valence-corrected chi connectivity index (χ0v) is 11.5. The van der Waals surface area contributed by atoms with Crippen LogP contribution in [0.5, 0.6) is 0 Å². The first-order valence-corrected chi connectivity index (χ1v) is 6.53. The van der Waals surface area contributed by atoms with Gasteiger partial charge in [-0.3, -0.25) is 0 Å². The molecule has 3 rings (SSSR count). The summed E-state index contributed by atoms with van der Waals surface area (Å²) in [6.45, 7) is -0.0688. The van der Waals surface area contributed by atoms with Gasteiger partial charge in [0.25, 0.3) is 0 Å². The Hall–Kier alpha value is -3.13. The summed E-state index contributed by atoms with van der Waals surface area (Å²) < 4.78 is 17.8. The molecule has 1 heterocycles. The third kappa shape index (κ3) is 2.67. The van der Waals surface area contributed by atoms with Crippen LogP contribution < -0.4 is 0 Å². The van der Waals surface area contributed by atoms with Crippen LogP contribution in [0.25, 0.3) is 22.4 Å². The molecule has 0 unspecified atom stereocenters. The summed E-state index contributed by atoms with van der Waals surface area (Å²) in [5.74, 6) is 2.05. The number of imidazole rings is 1. The Labute approximate surface area is 125 Å². The molecule has 22 heavy (non-hydrogen) atoms. The maximum atomic E-state index is 13.0. The number of aromatic nitrogens is 2. The standard InChI is InChI=1S/C17H11FN2O2/c1-2-9-22-17(21)12-5-8-14-15(10-12)20-16(19-14)11-3-6-13(18)7-4-11/h1,3-8,10H,9H2,(H,19,20). The van der Waals surface area contributed by atoms with E-state index in [0.717, 1.165) is 5.56 Å². The van der Waals surface area contributed by atoms with E-state index in [0.29, 0.717) is 22.4 Å². The van der Waals surface area contributed by atoms with Crippen molar-refractivity contribution in [3.05, 3.63) is 53.8 Å². The summed E-state index contributed by atoms with van der Waals surface area (Å²) in [5, 5.41) is 0. The lowest BCUT2D eigenvalue weighted by atomic mass is 10.2. The van der Waals surface area contributed by atoms with E-state index in [1.807, 2.05) is 0 Å². The van der Waals surface area contributed by atoms with E-state index in [1.54, 1.807) is 30.3 Å².